The van der Waals surface area contributed by atoms with Gasteiger partial charge in [-0.2, -0.15) is 0 Å². The van der Waals surface area contributed by atoms with Crippen molar-refractivity contribution < 1.29 is 13.5 Å². The predicted octanol–water partition coefficient (Wildman–Crippen LogP) is 3.29. The average Bonchev–Trinajstić information content (AvgIpc) is 2.93. The zero-order chi connectivity index (χ0) is 17.6. The fraction of sp³-hybridized carbons (Fsp3) is 0.235. The summed E-state index contributed by atoms with van der Waals surface area (Å²) in [5, 5.41) is 0.676. The summed E-state index contributed by atoms with van der Waals surface area (Å²) >= 11 is 5.92. The van der Waals surface area contributed by atoms with Gasteiger partial charge < -0.3 is 25.5 Å². The summed E-state index contributed by atoms with van der Waals surface area (Å²) in [7, 11) is 0. The third-order valence-electron chi connectivity index (χ3n) is 4.30. The minimum absolute atomic E-state index is 0.0259. The molecule has 4 N–H and O–H groups in total. The van der Waals surface area contributed by atoms with Crippen LogP contribution in [0.1, 0.15) is 0 Å². The topological polar surface area (TPSA) is 90.5 Å². The number of pyridine rings is 1. The summed E-state index contributed by atoms with van der Waals surface area (Å²) in [5.41, 5.74) is 14.3. The molecule has 0 amide bonds. The van der Waals surface area contributed by atoms with Gasteiger partial charge in [0.25, 0.3) is 0 Å². The summed E-state index contributed by atoms with van der Waals surface area (Å²) in [4.78, 5) is 6.61. The molecule has 0 atom stereocenters. The number of anilines is 3. The van der Waals surface area contributed by atoms with E-state index in [2.05, 4.69) is 9.88 Å². The van der Waals surface area contributed by atoms with Crippen LogP contribution in [0.3, 0.4) is 0 Å². The van der Waals surface area contributed by atoms with Crippen molar-refractivity contribution >= 4 is 40.0 Å². The summed E-state index contributed by atoms with van der Waals surface area (Å²) in [6.45, 7) is 2.63. The van der Waals surface area contributed by atoms with Crippen molar-refractivity contribution in [2.75, 3.05) is 42.7 Å². The van der Waals surface area contributed by atoms with Gasteiger partial charge in [0.2, 0.25) is 5.88 Å². The Balaban J connectivity index is 1.93. The number of nitrogens with zero attached hydrogens (tertiary/aromatic N) is 2. The van der Waals surface area contributed by atoms with E-state index in [1.165, 1.54) is 12.1 Å². The number of hydrogen-bond acceptors (Lipinski definition) is 6. The molecule has 1 aliphatic heterocycles. The van der Waals surface area contributed by atoms with Gasteiger partial charge >= 0.3 is 0 Å². The molecular formula is C17H16ClFN4O2. The Morgan fingerprint density at radius 2 is 1.96 bits per heavy atom. The SMILES string of the molecule is Nc1oc2c(N3CCOCC3)ncc(-c3ccc(F)c(Cl)c3)c2c1N. The highest BCUT2D eigenvalue weighted by Gasteiger charge is 2.23. The highest BCUT2D eigenvalue weighted by molar-refractivity contribution is 6.31. The van der Waals surface area contributed by atoms with Crippen LogP contribution in [0.5, 0.6) is 0 Å². The maximum Gasteiger partial charge on any atom is 0.215 e. The van der Waals surface area contributed by atoms with Crippen molar-refractivity contribution in [3.63, 3.8) is 0 Å². The lowest BCUT2D eigenvalue weighted by atomic mass is 10.0. The number of nitrogens with two attached hydrogens (primary N) is 2. The van der Waals surface area contributed by atoms with E-state index < -0.39 is 5.82 Å². The fourth-order valence-electron chi connectivity index (χ4n) is 3.02. The first-order chi connectivity index (χ1) is 12.1. The zero-order valence-corrected chi connectivity index (χ0v) is 14.0. The Bertz CT molecular complexity index is 953. The van der Waals surface area contributed by atoms with Gasteiger partial charge in [-0.3, -0.25) is 0 Å². The number of fused-ring (bicyclic) bond motifs is 1. The lowest BCUT2D eigenvalue weighted by Gasteiger charge is -2.27. The Kier molecular flexibility index (Phi) is 3.89. The largest absolute Gasteiger partial charge is 0.435 e. The van der Waals surface area contributed by atoms with Crippen molar-refractivity contribution in [2.45, 2.75) is 0 Å². The van der Waals surface area contributed by atoms with E-state index in [4.69, 9.17) is 32.2 Å². The first-order valence-corrected chi connectivity index (χ1v) is 8.18. The highest BCUT2D eigenvalue weighted by Crippen LogP contribution is 2.42. The predicted molar refractivity (Wildman–Crippen MR) is 96.3 cm³/mol. The smallest absolute Gasteiger partial charge is 0.215 e. The molecule has 8 heteroatoms. The monoisotopic (exact) mass is 362 g/mol. The number of benzene rings is 1. The molecule has 0 saturated carbocycles. The number of hydrogen-bond donors (Lipinski definition) is 2. The lowest BCUT2D eigenvalue weighted by molar-refractivity contribution is 0.122. The normalized spacial score (nSPS) is 15.0. The Labute approximate surface area is 148 Å². The third kappa shape index (κ3) is 2.65. The summed E-state index contributed by atoms with van der Waals surface area (Å²) < 4.78 is 24.6. The minimum atomic E-state index is -0.487. The first kappa shape index (κ1) is 16.0. The molecule has 4 rings (SSSR count). The van der Waals surface area contributed by atoms with Gasteiger partial charge in [-0.15, -0.1) is 0 Å². The Morgan fingerprint density at radius 3 is 2.68 bits per heavy atom. The van der Waals surface area contributed by atoms with Crippen molar-refractivity contribution in [2.24, 2.45) is 0 Å². The maximum atomic E-state index is 13.5. The molecule has 130 valence electrons. The number of aromatic nitrogens is 1. The molecule has 6 nitrogen and oxygen atoms in total. The van der Waals surface area contributed by atoms with Gasteiger partial charge in [-0.25, -0.2) is 9.37 Å². The van der Waals surface area contributed by atoms with Crippen molar-refractivity contribution in [3.8, 4) is 11.1 Å². The second-order valence-electron chi connectivity index (χ2n) is 5.81. The Morgan fingerprint density at radius 1 is 1.20 bits per heavy atom. The van der Waals surface area contributed by atoms with Crippen LogP contribution in [0.4, 0.5) is 21.8 Å². The molecule has 0 unspecified atom stereocenters. The molecule has 1 saturated heterocycles. The standard InChI is InChI=1S/C17H16ClFN4O2/c18-11-7-9(1-2-12(11)19)10-8-22-17(23-3-5-24-6-4-23)15-13(10)14(20)16(21)25-15/h1-2,7-8H,3-6,20-21H2. The van der Waals surface area contributed by atoms with Crippen LogP contribution in [-0.4, -0.2) is 31.3 Å². The molecule has 0 spiro atoms. The van der Waals surface area contributed by atoms with E-state index in [0.29, 0.717) is 59.9 Å². The molecule has 3 aromatic rings. The lowest BCUT2D eigenvalue weighted by Crippen LogP contribution is -2.36. The molecule has 3 heterocycles. The van der Waals surface area contributed by atoms with Crippen LogP contribution in [0.15, 0.2) is 28.8 Å². The van der Waals surface area contributed by atoms with E-state index >= 15 is 0 Å². The van der Waals surface area contributed by atoms with Gasteiger partial charge in [-0.05, 0) is 17.7 Å². The summed E-state index contributed by atoms with van der Waals surface area (Å²) in [6.07, 6.45) is 1.68. The average molecular weight is 363 g/mol. The van der Waals surface area contributed by atoms with E-state index in [9.17, 15) is 4.39 Å². The molecule has 1 fully saturated rings. The molecule has 1 aliphatic rings. The number of furan rings is 1. The van der Waals surface area contributed by atoms with Gasteiger partial charge in [0.1, 0.15) is 11.5 Å². The number of halogens is 2. The van der Waals surface area contributed by atoms with Crippen molar-refractivity contribution in [1.29, 1.82) is 0 Å². The van der Waals surface area contributed by atoms with E-state index in [1.54, 1.807) is 12.3 Å². The molecule has 0 radical (unpaired) electrons. The highest BCUT2D eigenvalue weighted by atomic mass is 35.5. The van der Waals surface area contributed by atoms with Crippen LogP contribution in [-0.2, 0) is 4.74 Å². The van der Waals surface area contributed by atoms with Crippen LogP contribution in [0.2, 0.25) is 5.02 Å². The quantitative estimate of drug-likeness (QED) is 0.727. The Hall–Kier alpha value is -2.51. The van der Waals surface area contributed by atoms with Crippen molar-refractivity contribution in [3.05, 3.63) is 35.2 Å². The zero-order valence-electron chi connectivity index (χ0n) is 13.3. The van der Waals surface area contributed by atoms with Gasteiger partial charge in [0.15, 0.2) is 11.4 Å². The molecule has 0 aliphatic carbocycles. The van der Waals surface area contributed by atoms with Crippen molar-refractivity contribution in [1.82, 2.24) is 4.98 Å². The van der Waals surface area contributed by atoms with E-state index in [1.807, 2.05) is 0 Å². The fourth-order valence-corrected chi connectivity index (χ4v) is 3.20. The molecule has 0 bridgehead atoms. The summed E-state index contributed by atoms with van der Waals surface area (Å²) in [5.74, 6) is 0.310. The first-order valence-electron chi connectivity index (χ1n) is 7.81. The number of nitrogen functional groups attached to an aromatic ring is 2. The number of ether oxygens (including phenoxy) is 1. The van der Waals surface area contributed by atoms with E-state index in [-0.39, 0.29) is 10.9 Å². The molecule has 25 heavy (non-hydrogen) atoms. The number of rotatable bonds is 2. The summed E-state index contributed by atoms with van der Waals surface area (Å²) in [6, 6.07) is 4.46. The molecule has 1 aromatic carbocycles. The third-order valence-corrected chi connectivity index (χ3v) is 4.59. The van der Waals surface area contributed by atoms with E-state index in [0.717, 1.165) is 0 Å². The van der Waals surface area contributed by atoms with Gasteiger partial charge in [0, 0.05) is 24.8 Å². The molecular weight excluding hydrogens is 347 g/mol. The van der Waals surface area contributed by atoms with Crippen LogP contribution in [0.25, 0.3) is 22.1 Å². The van der Waals surface area contributed by atoms with Crippen LogP contribution in [0, 0.1) is 5.82 Å². The number of morpholine rings is 1. The van der Waals surface area contributed by atoms with Crippen LogP contribution >= 0.6 is 11.6 Å². The maximum absolute atomic E-state index is 13.5. The molecule has 2 aromatic heterocycles. The van der Waals surface area contributed by atoms with Gasteiger partial charge in [-0.1, -0.05) is 17.7 Å². The second kappa shape index (κ2) is 6.09. The minimum Gasteiger partial charge on any atom is -0.435 e. The van der Waals surface area contributed by atoms with Crippen LogP contribution < -0.4 is 16.4 Å². The van der Waals surface area contributed by atoms with Gasteiger partial charge in [0.05, 0.1) is 23.6 Å². The second-order valence-corrected chi connectivity index (χ2v) is 6.22.